The second-order valence-corrected chi connectivity index (χ2v) is 5.14. The first-order valence-electron chi connectivity index (χ1n) is 6.23. The van der Waals surface area contributed by atoms with Gasteiger partial charge in [-0.2, -0.15) is 0 Å². The van der Waals surface area contributed by atoms with Crippen molar-refractivity contribution in [2.75, 3.05) is 4.90 Å². The van der Waals surface area contributed by atoms with Gasteiger partial charge in [0.05, 0.1) is 5.69 Å². The van der Waals surface area contributed by atoms with E-state index in [1.54, 1.807) is 0 Å². The summed E-state index contributed by atoms with van der Waals surface area (Å²) in [6, 6.07) is 16.6. The minimum atomic E-state index is -0.351. The lowest BCUT2D eigenvalue weighted by Crippen LogP contribution is -2.41. The molecule has 2 heteroatoms. The number of fused-ring (bicyclic) bond motifs is 1. The number of rotatable bonds is 1. The minimum absolute atomic E-state index is 0.351. The number of hydrogen-bond acceptors (Lipinski definition) is 2. The van der Waals surface area contributed by atoms with Crippen molar-refractivity contribution in [2.24, 2.45) is 0 Å². The van der Waals surface area contributed by atoms with Crippen LogP contribution in [0.4, 0.5) is 11.4 Å². The first-order chi connectivity index (χ1) is 8.59. The van der Waals surface area contributed by atoms with Gasteiger partial charge in [0.1, 0.15) is 5.75 Å². The Hall–Kier alpha value is -1.96. The molecular formula is C16H17NO. The normalized spacial score (nSPS) is 16.3. The van der Waals surface area contributed by atoms with Crippen LogP contribution < -0.4 is 9.64 Å². The minimum Gasteiger partial charge on any atom is -0.466 e. The number of ether oxygens (including phenoxy) is 1. The van der Waals surface area contributed by atoms with Gasteiger partial charge in [-0.1, -0.05) is 30.3 Å². The summed E-state index contributed by atoms with van der Waals surface area (Å²) in [6.45, 7) is 6.32. The Balaban J connectivity index is 2.19. The molecule has 0 aromatic heterocycles. The molecule has 1 aliphatic heterocycles. The molecule has 0 saturated carbocycles. The molecule has 0 unspecified atom stereocenters. The SMILES string of the molecule is Cc1ccccc1N1c2ccccc2OC1(C)C. The maximum absolute atomic E-state index is 6.04. The third kappa shape index (κ3) is 1.57. The fourth-order valence-electron chi connectivity index (χ4n) is 2.57. The Morgan fingerprint density at radius 3 is 2.22 bits per heavy atom. The zero-order valence-corrected chi connectivity index (χ0v) is 11.0. The van der Waals surface area contributed by atoms with Gasteiger partial charge in [-0.05, 0) is 44.5 Å². The number of benzene rings is 2. The molecule has 3 rings (SSSR count). The smallest absolute Gasteiger partial charge is 0.181 e. The third-order valence-electron chi connectivity index (χ3n) is 3.36. The summed E-state index contributed by atoms with van der Waals surface area (Å²) in [5, 5.41) is 0. The maximum atomic E-state index is 6.04. The summed E-state index contributed by atoms with van der Waals surface area (Å²) in [4.78, 5) is 2.26. The summed E-state index contributed by atoms with van der Waals surface area (Å²) in [5.74, 6) is 0.950. The molecule has 0 amide bonds. The van der Waals surface area contributed by atoms with Crippen molar-refractivity contribution in [1.29, 1.82) is 0 Å². The molecule has 0 spiro atoms. The molecule has 0 radical (unpaired) electrons. The largest absolute Gasteiger partial charge is 0.466 e. The van der Waals surface area contributed by atoms with E-state index in [0.29, 0.717) is 0 Å². The third-order valence-corrected chi connectivity index (χ3v) is 3.36. The summed E-state index contributed by atoms with van der Waals surface area (Å²) in [7, 11) is 0. The van der Waals surface area contributed by atoms with E-state index < -0.39 is 0 Å². The van der Waals surface area contributed by atoms with Crippen molar-refractivity contribution in [3.63, 3.8) is 0 Å². The van der Waals surface area contributed by atoms with Crippen molar-refractivity contribution in [3.05, 3.63) is 54.1 Å². The van der Waals surface area contributed by atoms with Gasteiger partial charge in [-0.3, -0.25) is 4.90 Å². The fraction of sp³-hybridized carbons (Fsp3) is 0.250. The Morgan fingerprint density at radius 2 is 1.50 bits per heavy atom. The number of para-hydroxylation sites is 3. The number of nitrogens with zero attached hydrogens (tertiary/aromatic N) is 1. The predicted octanol–water partition coefficient (Wildman–Crippen LogP) is 4.26. The zero-order valence-electron chi connectivity index (χ0n) is 11.0. The van der Waals surface area contributed by atoms with Crippen LogP contribution in [0.3, 0.4) is 0 Å². The average molecular weight is 239 g/mol. The van der Waals surface area contributed by atoms with Crippen LogP contribution >= 0.6 is 0 Å². The van der Waals surface area contributed by atoms with Crippen LogP contribution in [0.2, 0.25) is 0 Å². The van der Waals surface area contributed by atoms with Crippen LogP contribution in [0.15, 0.2) is 48.5 Å². The Kier molecular flexibility index (Phi) is 2.34. The summed E-state index contributed by atoms with van der Waals surface area (Å²) in [6.07, 6.45) is 0. The molecule has 0 atom stereocenters. The Morgan fingerprint density at radius 1 is 0.889 bits per heavy atom. The molecule has 0 aliphatic carbocycles. The standard InChI is InChI=1S/C16H17NO/c1-12-8-4-5-9-13(12)17-14-10-6-7-11-15(14)18-16(17,2)3/h4-11H,1-3H3. The van der Waals surface area contributed by atoms with E-state index in [2.05, 4.69) is 62.1 Å². The quantitative estimate of drug-likeness (QED) is 0.737. The predicted molar refractivity (Wildman–Crippen MR) is 74.5 cm³/mol. The molecule has 1 heterocycles. The molecule has 0 fully saturated rings. The van der Waals surface area contributed by atoms with Crippen LogP contribution in [0.5, 0.6) is 5.75 Å². The first kappa shape index (κ1) is 11.1. The van der Waals surface area contributed by atoms with E-state index in [-0.39, 0.29) is 5.72 Å². The Bertz CT molecular complexity index is 589. The monoisotopic (exact) mass is 239 g/mol. The zero-order chi connectivity index (χ0) is 12.8. The second kappa shape index (κ2) is 3.77. The van der Waals surface area contributed by atoms with Crippen LogP contribution in [0, 0.1) is 6.92 Å². The van der Waals surface area contributed by atoms with Gasteiger partial charge in [0.25, 0.3) is 0 Å². The van der Waals surface area contributed by atoms with Gasteiger partial charge in [0.15, 0.2) is 5.72 Å². The number of anilines is 2. The molecule has 2 aromatic carbocycles. The highest BCUT2D eigenvalue weighted by Gasteiger charge is 2.39. The van der Waals surface area contributed by atoms with E-state index >= 15 is 0 Å². The van der Waals surface area contributed by atoms with E-state index in [1.165, 1.54) is 11.3 Å². The van der Waals surface area contributed by atoms with Crippen LogP contribution in [0.1, 0.15) is 19.4 Å². The van der Waals surface area contributed by atoms with Crippen molar-refractivity contribution in [1.82, 2.24) is 0 Å². The van der Waals surface area contributed by atoms with Crippen molar-refractivity contribution >= 4 is 11.4 Å². The van der Waals surface area contributed by atoms with Crippen LogP contribution in [-0.4, -0.2) is 5.72 Å². The molecule has 0 saturated heterocycles. The fourth-order valence-corrected chi connectivity index (χ4v) is 2.57. The highest BCUT2D eigenvalue weighted by Crippen LogP contribution is 2.47. The molecule has 2 aromatic rings. The van der Waals surface area contributed by atoms with Gasteiger partial charge in [0.2, 0.25) is 0 Å². The molecule has 1 aliphatic rings. The van der Waals surface area contributed by atoms with E-state index in [1.807, 2.05) is 12.1 Å². The molecule has 0 bridgehead atoms. The van der Waals surface area contributed by atoms with Gasteiger partial charge in [-0.25, -0.2) is 0 Å². The van der Waals surface area contributed by atoms with Crippen LogP contribution in [0.25, 0.3) is 0 Å². The highest BCUT2D eigenvalue weighted by molar-refractivity contribution is 5.75. The van der Waals surface area contributed by atoms with Crippen LogP contribution in [-0.2, 0) is 0 Å². The first-order valence-corrected chi connectivity index (χ1v) is 6.23. The molecule has 18 heavy (non-hydrogen) atoms. The molecule has 2 nitrogen and oxygen atoms in total. The van der Waals surface area contributed by atoms with Crippen molar-refractivity contribution < 1.29 is 4.74 Å². The lowest BCUT2D eigenvalue weighted by molar-refractivity contribution is 0.141. The topological polar surface area (TPSA) is 12.5 Å². The maximum Gasteiger partial charge on any atom is 0.181 e. The molecule has 92 valence electrons. The number of hydrogen-bond donors (Lipinski definition) is 0. The Labute approximate surface area is 108 Å². The van der Waals surface area contributed by atoms with Crippen molar-refractivity contribution in [2.45, 2.75) is 26.5 Å². The average Bonchev–Trinajstić information content (AvgIpc) is 2.60. The van der Waals surface area contributed by atoms with E-state index in [0.717, 1.165) is 11.4 Å². The van der Waals surface area contributed by atoms with Gasteiger partial charge < -0.3 is 4.74 Å². The van der Waals surface area contributed by atoms with E-state index in [9.17, 15) is 0 Å². The molecule has 0 N–H and O–H groups in total. The van der Waals surface area contributed by atoms with Crippen molar-refractivity contribution in [3.8, 4) is 5.75 Å². The summed E-state index contributed by atoms with van der Waals surface area (Å²) < 4.78 is 6.04. The van der Waals surface area contributed by atoms with Gasteiger partial charge >= 0.3 is 0 Å². The summed E-state index contributed by atoms with van der Waals surface area (Å²) >= 11 is 0. The van der Waals surface area contributed by atoms with E-state index in [4.69, 9.17) is 4.74 Å². The lowest BCUT2D eigenvalue weighted by atomic mass is 10.1. The lowest BCUT2D eigenvalue weighted by Gasteiger charge is -2.33. The summed E-state index contributed by atoms with van der Waals surface area (Å²) in [5.41, 5.74) is 3.24. The highest BCUT2D eigenvalue weighted by atomic mass is 16.5. The van der Waals surface area contributed by atoms with Gasteiger partial charge in [-0.15, -0.1) is 0 Å². The molecular weight excluding hydrogens is 222 g/mol. The second-order valence-electron chi connectivity index (χ2n) is 5.14. The number of aryl methyl sites for hydroxylation is 1. The van der Waals surface area contributed by atoms with Gasteiger partial charge in [0, 0.05) is 5.69 Å².